The van der Waals surface area contributed by atoms with E-state index in [-0.39, 0.29) is 23.9 Å². The molecule has 0 amide bonds. The molecule has 1 rings (SSSR count). The van der Waals surface area contributed by atoms with Crippen molar-refractivity contribution in [2.24, 2.45) is 5.92 Å². The first kappa shape index (κ1) is 25.5. The number of ketones is 1. The molecule has 5 nitrogen and oxygen atoms in total. The van der Waals surface area contributed by atoms with Crippen molar-refractivity contribution in [3.8, 4) is 0 Å². The summed E-state index contributed by atoms with van der Waals surface area (Å²) in [5, 5.41) is 0. The van der Waals surface area contributed by atoms with Crippen molar-refractivity contribution in [1.82, 2.24) is 0 Å². The first-order valence-corrected chi connectivity index (χ1v) is 11.6. The van der Waals surface area contributed by atoms with Gasteiger partial charge < -0.3 is 18.9 Å². The van der Waals surface area contributed by atoms with Crippen molar-refractivity contribution >= 4 is 5.78 Å². The Morgan fingerprint density at radius 2 is 1.21 bits per heavy atom. The van der Waals surface area contributed by atoms with Gasteiger partial charge in [0.15, 0.2) is 5.78 Å². The Hall–Kier alpha value is -0.490. The molecule has 0 unspecified atom stereocenters. The number of unbranched alkanes of at least 4 members (excludes halogenated alkanes) is 4. The monoisotopic (exact) mass is 400 g/mol. The molecule has 0 aromatic carbocycles. The molecular weight excluding hydrogens is 356 g/mol. The molecule has 1 aliphatic carbocycles. The summed E-state index contributed by atoms with van der Waals surface area (Å²) < 4.78 is 24.4. The van der Waals surface area contributed by atoms with Gasteiger partial charge in [0.2, 0.25) is 0 Å². The summed E-state index contributed by atoms with van der Waals surface area (Å²) in [7, 11) is 0. The molecule has 0 saturated heterocycles. The normalized spacial score (nSPS) is 25.4. The van der Waals surface area contributed by atoms with Crippen LogP contribution in [-0.4, -0.2) is 57.1 Å². The van der Waals surface area contributed by atoms with Crippen LogP contribution in [0.4, 0.5) is 0 Å². The molecule has 28 heavy (non-hydrogen) atoms. The number of carbonyl (C=O) groups excluding carboxylic acids is 1. The summed E-state index contributed by atoms with van der Waals surface area (Å²) >= 11 is 0. The molecular formula is C23H44O5. The van der Waals surface area contributed by atoms with E-state index in [2.05, 4.69) is 27.7 Å². The van der Waals surface area contributed by atoms with Crippen molar-refractivity contribution in [1.29, 1.82) is 0 Å². The van der Waals surface area contributed by atoms with Crippen LogP contribution in [0.25, 0.3) is 0 Å². The molecule has 0 aliphatic heterocycles. The van der Waals surface area contributed by atoms with Gasteiger partial charge in [-0.1, -0.05) is 53.4 Å². The number of rotatable bonds is 17. The summed E-state index contributed by atoms with van der Waals surface area (Å²) in [6, 6.07) is 0. The van der Waals surface area contributed by atoms with Crippen LogP contribution in [0.1, 0.15) is 85.5 Å². The Bertz CT molecular complexity index is 387. The fourth-order valence-corrected chi connectivity index (χ4v) is 3.43. The van der Waals surface area contributed by atoms with E-state index in [1.165, 1.54) is 0 Å². The average Bonchev–Trinajstić information content (AvgIpc) is 2.69. The maximum atomic E-state index is 12.9. The van der Waals surface area contributed by atoms with E-state index in [0.29, 0.717) is 32.8 Å². The van der Waals surface area contributed by atoms with E-state index in [4.69, 9.17) is 18.9 Å². The van der Waals surface area contributed by atoms with Crippen molar-refractivity contribution in [3.63, 3.8) is 0 Å². The van der Waals surface area contributed by atoms with Crippen LogP contribution < -0.4 is 0 Å². The van der Waals surface area contributed by atoms with Crippen LogP contribution in [0.15, 0.2) is 0 Å². The first-order valence-electron chi connectivity index (χ1n) is 11.6. The zero-order valence-corrected chi connectivity index (χ0v) is 18.8. The van der Waals surface area contributed by atoms with Gasteiger partial charge in [-0.3, -0.25) is 4.79 Å². The standard InChI is InChI=1S/C23H44O5/c1-5-9-13-25-18-19-17-20(24)22(27-15-11-7-3)23(28-16-12-8-4)21(19)26-14-10-6-2/h19,21-23H,5-18H2,1-4H3/t19-,21-,22+,23+/m1/s1. The minimum absolute atomic E-state index is 0.0406. The van der Waals surface area contributed by atoms with E-state index < -0.39 is 6.10 Å². The Kier molecular flexibility index (Phi) is 14.9. The first-order chi connectivity index (χ1) is 13.7. The number of hydrogen-bond donors (Lipinski definition) is 0. The Morgan fingerprint density at radius 1 is 0.714 bits per heavy atom. The SMILES string of the molecule is CCCCOC[C@H]1CC(=O)[C@H](OCCCC)[C@@H](OCCCC)[C@@H]1OCCCC. The molecule has 5 heteroatoms. The molecule has 0 spiro atoms. The van der Waals surface area contributed by atoms with Gasteiger partial charge in [0.25, 0.3) is 0 Å². The summed E-state index contributed by atoms with van der Waals surface area (Å²) in [4.78, 5) is 12.9. The minimum Gasteiger partial charge on any atom is -0.381 e. The lowest BCUT2D eigenvalue weighted by Gasteiger charge is -2.41. The second-order valence-electron chi connectivity index (χ2n) is 7.88. The fourth-order valence-electron chi connectivity index (χ4n) is 3.43. The maximum Gasteiger partial charge on any atom is 0.164 e. The molecule has 0 radical (unpaired) electrons. The minimum atomic E-state index is -0.512. The van der Waals surface area contributed by atoms with Gasteiger partial charge in [0.1, 0.15) is 12.2 Å². The summed E-state index contributed by atoms with van der Waals surface area (Å²) in [6.07, 6.45) is 7.75. The van der Waals surface area contributed by atoms with Crippen LogP contribution in [0.2, 0.25) is 0 Å². The molecule has 0 heterocycles. The third kappa shape index (κ3) is 9.34. The average molecular weight is 401 g/mol. The van der Waals surface area contributed by atoms with Gasteiger partial charge in [-0.25, -0.2) is 0 Å². The Morgan fingerprint density at radius 3 is 1.79 bits per heavy atom. The maximum absolute atomic E-state index is 12.9. The molecule has 0 N–H and O–H groups in total. The summed E-state index contributed by atoms with van der Waals surface area (Å²) in [5.74, 6) is 0.177. The third-order valence-electron chi connectivity index (χ3n) is 5.25. The molecule has 0 aromatic rings. The Balaban J connectivity index is 2.86. The highest BCUT2D eigenvalue weighted by atomic mass is 16.6. The zero-order chi connectivity index (χ0) is 20.6. The highest BCUT2D eigenvalue weighted by Gasteiger charge is 2.46. The molecule has 1 saturated carbocycles. The quantitative estimate of drug-likeness (QED) is 0.323. The summed E-state index contributed by atoms with van der Waals surface area (Å²) in [5.41, 5.74) is 0. The topological polar surface area (TPSA) is 54.0 Å². The predicted molar refractivity (Wildman–Crippen MR) is 113 cm³/mol. The number of carbonyl (C=O) groups is 1. The van der Waals surface area contributed by atoms with E-state index >= 15 is 0 Å². The Labute approximate surface area is 172 Å². The highest BCUT2D eigenvalue weighted by Crippen LogP contribution is 2.30. The van der Waals surface area contributed by atoms with Gasteiger partial charge in [-0.15, -0.1) is 0 Å². The van der Waals surface area contributed by atoms with Crippen LogP contribution >= 0.6 is 0 Å². The van der Waals surface area contributed by atoms with Gasteiger partial charge in [-0.05, 0) is 25.7 Å². The van der Waals surface area contributed by atoms with Crippen LogP contribution in [0.3, 0.4) is 0 Å². The van der Waals surface area contributed by atoms with E-state index in [0.717, 1.165) is 58.0 Å². The largest absolute Gasteiger partial charge is 0.381 e. The molecule has 0 aromatic heterocycles. The highest BCUT2D eigenvalue weighted by molar-refractivity contribution is 5.85. The second-order valence-corrected chi connectivity index (χ2v) is 7.88. The van der Waals surface area contributed by atoms with Gasteiger partial charge in [0, 0.05) is 38.8 Å². The van der Waals surface area contributed by atoms with Crippen molar-refractivity contribution in [3.05, 3.63) is 0 Å². The van der Waals surface area contributed by atoms with Crippen LogP contribution in [0.5, 0.6) is 0 Å². The molecule has 1 fully saturated rings. The lowest BCUT2D eigenvalue weighted by Crippen LogP contribution is -2.56. The van der Waals surface area contributed by atoms with Crippen LogP contribution in [-0.2, 0) is 23.7 Å². The second kappa shape index (κ2) is 16.3. The molecule has 4 atom stereocenters. The van der Waals surface area contributed by atoms with Crippen molar-refractivity contribution in [2.45, 2.75) is 104 Å². The zero-order valence-electron chi connectivity index (χ0n) is 18.8. The molecule has 1 aliphatic rings. The predicted octanol–water partition coefficient (Wildman–Crippen LogP) is 4.95. The fraction of sp³-hybridized carbons (Fsp3) is 0.957. The van der Waals surface area contributed by atoms with Crippen molar-refractivity contribution in [2.75, 3.05) is 33.0 Å². The lowest BCUT2D eigenvalue weighted by molar-refractivity contribution is -0.189. The lowest BCUT2D eigenvalue weighted by atomic mass is 9.81. The van der Waals surface area contributed by atoms with E-state index in [9.17, 15) is 4.79 Å². The smallest absolute Gasteiger partial charge is 0.164 e. The number of hydrogen-bond acceptors (Lipinski definition) is 5. The number of Topliss-reactive ketones (excluding diaryl/α,β-unsaturated/α-hetero) is 1. The van der Waals surface area contributed by atoms with Gasteiger partial charge in [-0.2, -0.15) is 0 Å². The van der Waals surface area contributed by atoms with Gasteiger partial charge >= 0.3 is 0 Å². The molecule has 166 valence electrons. The van der Waals surface area contributed by atoms with E-state index in [1.54, 1.807) is 0 Å². The third-order valence-corrected chi connectivity index (χ3v) is 5.25. The van der Waals surface area contributed by atoms with Crippen LogP contribution in [0, 0.1) is 5.92 Å². The molecule has 0 bridgehead atoms. The summed E-state index contributed by atoms with van der Waals surface area (Å²) in [6.45, 7) is 11.8. The van der Waals surface area contributed by atoms with Gasteiger partial charge in [0.05, 0.1) is 12.7 Å². The number of ether oxygens (including phenoxy) is 4. The van der Waals surface area contributed by atoms with Crippen molar-refractivity contribution < 1.29 is 23.7 Å². The van der Waals surface area contributed by atoms with E-state index in [1.807, 2.05) is 0 Å².